The lowest BCUT2D eigenvalue weighted by molar-refractivity contribution is 0.105. The molecule has 1 unspecified atom stereocenters. The fourth-order valence-corrected chi connectivity index (χ4v) is 3.04. The minimum atomic E-state index is -3.56. The number of para-hydroxylation sites is 1. The predicted molar refractivity (Wildman–Crippen MR) is 95.1 cm³/mol. The first-order valence-electron chi connectivity index (χ1n) is 7.44. The number of hydrogen-bond acceptors (Lipinski definition) is 4. The van der Waals surface area contributed by atoms with E-state index in [0.717, 1.165) is 16.5 Å². The number of hydrogen-bond donors (Lipinski definition) is 1. The van der Waals surface area contributed by atoms with Crippen LogP contribution in [0.15, 0.2) is 60.0 Å². The van der Waals surface area contributed by atoms with Gasteiger partial charge >= 0.3 is 0 Å². The van der Waals surface area contributed by atoms with Gasteiger partial charge in [0, 0.05) is 24.6 Å². The maximum atomic E-state index is 12.1. The van der Waals surface area contributed by atoms with Crippen molar-refractivity contribution in [2.75, 3.05) is 20.8 Å². The maximum absolute atomic E-state index is 12.1. The fraction of sp³-hybridized carbons (Fsp3) is 0.222. The summed E-state index contributed by atoms with van der Waals surface area (Å²) in [6.07, 6.45) is 1.11. The minimum absolute atomic E-state index is 0.109. The zero-order valence-electron chi connectivity index (χ0n) is 13.7. The summed E-state index contributed by atoms with van der Waals surface area (Å²) in [6, 6.07) is 16.6. The molecular weight excluding hydrogens is 326 g/mol. The third kappa shape index (κ3) is 5.19. The van der Waals surface area contributed by atoms with E-state index in [2.05, 4.69) is 4.72 Å². The van der Waals surface area contributed by atoms with Gasteiger partial charge < -0.3 is 9.47 Å². The molecule has 0 spiro atoms. The van der Waals surface area contributed by atoms with E-state index in [4.69, 9.17) is 9.47 Å². The molecule has 128 valence electrons. The molecule has 1 atom stereocenters. The molecule has 5 nitrogen and oxygen atoms in total. The molecule has 1 N–H and O–H groups in total. The number of rotatable bonds is 8. The van der Waals surface area contributed by atoms with Crippen molar-refractivity contribution in [3.8, 4) is 5.75 Å². The van der Waals surface area contributed by atoms with E-state index in [0.29, 0.717) is 5.75 Å². The molecule has 0 aliphatic rings. The number of sulfonamides is 1. The summed E-state index contributed by atoms with van der Waals surface area (Å²) in [5.41, 5.74) is 1.60. The molecular formula is C18H21NO4S. The van der Waals surface area contributed by atoms with E-state index in [1.54, 1.807) is 13.2 Å². The first kappa shape index (κ1) is 18.2. The van der Waals surface area contributed by atoms with Gasteiger partial charge in [-0.15, -0.1) is 0 Å². The van der Waals surface area contributed by atoms with Gasteiger partial charge in [0.2, 0.25) is 10.0 Å². The Morgan fingerprint density at radius 3 is 2.38 bits per heavy atom. The van der Waals surface area contributed by atoms with Crippen LogP contribution < -0.4 is 9.46 Å². The summed E-state index contributed by atoms with van der Waals surface area (Å²) in [5.74, 6) is 0.656. The van der Waals surface area contributed by atoms with Crippen LogP contribution in [-0.2, 0) is 14.8 Å². The van der Waals surface area contributed by atoms with Crippen LogP contribution in [0, 0.1) is 0 Å². The Labute approximate surface area is 143 Å². The van der Waals surface area contributed by atoms with Crippen LogP contribution in [0.1, 0.15) is 17.2 Å². The van der Waals surface area contributed by atoms with Crippen LogP contribution >= 0.6 is 0 Å². The highest BCUT2D eigenvalue weighted by Gasteiger charge is 2.17. The first-order valence-corrected chi connectivity index (χ1v) is 8.99. The molecule has 0 amide bonds. The average molecular weight is 347 g/mol. The lowest BCUT2D eigenvalue weighted by Crippen LogP contribution is -2.27. The first-order chi connectivity index (χ1) is 11.6. The lowest BCUT2D eigenvalue weighted by atomic mass is 10.1. The zero-order chi connectivity index (χ0) is 17.4. The zero-order valence-corrected chi connectivity index (χ0v) is 14.5. The number of methoxy groups -OCH3 is 2. The molecule has 0 bridgehead atoms. The summed E-state index contributed by atoms with van der Waals surface area (Å²) in [4.78, 5) is 0. The molecule has 2 aromatic rings. The second-order valence-corrected chi connectivity index (χ2v) is 6.72. The maximum Gasteiger partial charge on any atom is 0.233 e. The summed E-state index contributed by atoms with van der Waals surface area (Å²) < 4.78 is 37.5. The van der Waals surface area contributed by atoms with Gasteiger partial charge in [0.25, 0.3) is 0 Å². The molecule has 0 saturated carbocycles. The van der Waals surface area contributed by atoms with E-state index in [1.807, 2.05) is 54.6 Å². The summed E-state index contributed by atoms with van der Waals surface area (Å²) >= 11 is 0. The predicted octanol–water partition coefficient (Wildman–Crippen LogP) is 2.97. The van der Waals surface area contributed by atoms with Crippen molar-refractivity contribution < 1.29 is 17.9 Å². The van der Waals surface area contributed by atoms with E-state index in [9.17, 15) is 8.42 Å². The topological polar surface area (TPSA) is 64.6 Å². The Morgan fingerprint density at radius 1 is 1.04 bits per heavy atom. The van der Waals surface area contributed by atoms with Gasteiger partial charge in [0.1, 0.15) is 5.75 Å². The van der Waals surface area contributed by atoms with Crippen LogP contribution in [0.2, 0.25) is 0 Å². The average Bonchev–Trinajstić information content (AvgIpc) is 2.62. The Kier molecular flexibility index (Phi) is 6.54. The third-order valence-corrected chi connectivity index (χ3v) is 4.54. The highest BCUT2D eigenvalue weighted by atomic mass is 32.2. The van der Waals surface area contributed by atoms with Crippen LogP contribution in [-0.4, -0.2) is 29.2 Å². The van der Waals surface area contributed by atoms with E-state index >= 15 is 0 Å². The van der Waals surface area contributed by atoms with Crippen molar-refractivity contribution in [1.29, 1.82) is 0 Å². The van der Waals surface area contributed by atoms with Crippen LogP contribution in [0.25, 0.3) is 6.08 Å². The molecule has 0 saturated heterocycles. The minimum Gasteiger partial charge on any atom is -0.496 e. The molecule has 2 aromatic carbocycles. The normalized spacial score (nSPS) is 13.1. The van der Waals surface area contributed by atoms with Gasteiger partial charge in [-0.1, -0.05) is 48.5 Å². The quantitative estimate of drug-likeness (QED) is 0.797. The van der Waals surface area contributed by atoms with Crippen LogP contribution in [0.4, 0.5) is 0 Å². The molecule has 0 aliphatic carbocycles. The van der Waals surface area contributed by atoms with Crippen LogP contribution in [0.5, 0.6) is 5.75 Å². The summed E-state index contributed by atoms with van der Waals surface area (Å²) in [6.45, 7) is 0.109. The summed E-state index contributed by atoms with van der Waals surface area (Å²) in [5, 5.41) is 1.15. The molecule has 0 aromatic heterocycles. The second-order valence-electron chi connectivity index (χ2n) is 5.07. The Morgan fingerprint density at radius 2 is 1.71 bits per heavy atom. The van der Waals surface area contributed by atoms with E-state index in [-0.39, 0.29) is 6.54 Å². The van der Waals surface area contributed by atoms with Crippen molar-refractivity contribution in [2.45, 2.75) is 6.10 Å². The summed E-state index contributed by atoms with van der Waals surface area (Å²) in [7, 11) is -0.463. The number of ether oxygens (including phenoxy) is 2. The van der Waals surface area contributed by atoms with Gasteiger partial charge in [-0.25, -0.2) is 13.1 Å². The second kappa shape index (κ2) is 8.63. The molecule has 0 fully saturated rings. The molecule has 0 aliphatic heterocycles. The smallest absolute Gasteiger partial charge is 0.233 e. The van der Waals surface area contributed by atoms with Crippen molar-refractivity contribution in [3.05, 3.63) is 71.1 Å². The number of benzene rings is 2. The molecule has 6 heteroatoms. The SMILES string of the molecule is COc1ccccc1C(CNS(=O)(=O)/C=C/c1ccccc1)OC. The largest absolute Gasteiger partial charge is 0.496 e. The van der Waals surface area contributed by atoms with Crippen molar-refractivity contribution >= 4 is 16.1 Å². The Bertz CT molecular complexity index is 773. The third-order valence-electron chi connectivity index (χ3n) is 3.48. The van der Waals surface area contributed by atoms with Gasteiger partial charge in [-0.05, 0) is 17.7 Å². The van der Waals surface area contributed by atoms with Crippen molar-refractivity contribution in [2.24, 2.45) is 0 Å². The van der Waals surface area contributed by atoms with Crippen LogP contribution in [0.3, 0.4) is 0 Å². The molecule has 0 radical (unpaired) electrons. The van der Waals surface area contributed by atoms with Gasteiger partial charge in [-0.2, -0.15) is 0 Å². The van der Waals surface area contributed by atoms with Gasteiger partial charge in [0.05, 0.1) is 13.2 Å². The van der Waals surface area contributed by atoms with E-state index in [1.165, 1.54) is 7.11 Å². The Hall–Kier alpha value is -2.15. The lowest BCUT2D eigenvalue weighted by Gasteiger charge is -2.18. The fourth-order valence-electron chi connectivity index (χ4n) is 2.22. The van der Waals surface area contributed by atoms with Crippen molar-refractivity contribution in [1.82, 2.24) is 4.72 Å². The van der Waals surface area contributed by atoms with Gasteiger partial charge in [-0.3, -0.25) is 0 Å². The standard InChI is InChI=1S/C18H21NO4S/c1-22-17-11-7-6-10-16(17)18(23-2)14-19-24(20,21)13-12-15-8-4-3-5-9-15/h3-13,18-19H,14H2,1-2H3/b13-12+. The monoisotopic (exact) mass is 347 g/mol. The molecule has 2 rings (SSSR count). The molecule has 0 heterocycles. The number of nitrogens with one attached hydrogen (secondary N) is 1. The highest BCUT2D eigenvalue weighted by molar-refractivity contribution is 7.92. The highest BCUT2D eigenvalue weighted by Crippen LogP contribution is 2.26. The van der Waals surface area contributed by atoms with Crippen molar-refractivity contribution in [3.63, 3.8) is 0 Å². The van der Waals surface area contributed by atoms with Gasteiger partial charge in [0.15, 0.2) is 0 Å². The Balaban J connectivity index is 2.05. The molecule has 24 heavy (non-hydrogen) atoms. The van der Waals surface area contributed by atoms with E-state index < -0.39 is 16.1 Å².